The topological polar surface area (TPSA) is 52.7 Å². The zero-order valence-electron chi connectivity index (χ0n) is 13.4. The molecule has 1 atom stereocenters. The smallest absolute Gasteiger partial charge is 0.311 e. The molecule has 1 saturated heterocycles. The molecule has 5 nitrogen and oxygen atoms in total. The highest BCUT2D eigenvalue weighted by molar-refractivity contribution is 6.34. The minimum atomic E-state index is -0.446. The molecule has 2 aliphatic rings. The molecule has 0 aromatic heterocycles. The molecule has 0 spiro atoms. The van der Waals surface area contributed by atoms with Gasteiger partial charge < -0.3 is 15.1 Å². The number of nitrogens with one attached hydrogen (secondary N) is 1. The Labute approximate surface area is 128 Å². The van der Waals surface area contributed by atoms with Gasteiger partial charge in [0.05, 0.1) is 0 Å². The van der Waals surface area contributed by atoms with Crippen molar-refractivity contribution in [2.75, 3.05) is 32.7 Å². The van der Waals surface area contributed by atoms with Crippen LogP contribution in [-0.2, 0) is 9.59 Å². The summed E-state index contributed by atoms with van der Waals surface area (Å²) in [6, 6.07) is 0.767. The van der Waals surface area contributed by atoms with Gasteiger partial charge in [0.15, 0.2) is 0 Å². The highest BCUT2D eigenvalue weighted by atomic mass is 16.2. The summed E-state index contributed by atoms with van der Waals surface area (Å²) in [7, 11) is 0. The molecule has 120 valence electrons. The van der Waals surface area contributed by atoms with Crippen molar-refractivity contribution in [1.29, 1.82) is 0 Å². The maximum atomic E-state index is 11.9. The lowest BCUT2D eigenvalue weighted by Crippen LogP contribution is -2.44. The lowest BCUT2D eigenvalue weighted by molar-refractivity contribution is -0.145. The standard InChI is InChI=1S/C16H29N3O2/c1-3-18(4-2)16(21)15(20)17-11-13-9-10-19(12-13)14-7-5-6-8-14/h13-14H,3-12H2,1-2H3,(H,17,20)/t13-/m0/s1. The van der Waals surface area contributed by atoms with Crippen molar-refractivity contribution in [3.8, 4) is 0 Å². The largest absolute Gasteiger partial charge is 0.348 e. The number of carbonyl (C=O) groups excluding carboxylic acids is 2. The Balaban J connectivity index is 1.71. The lowest BCUT2D eigenvalue weighted by atomic mass is 10.1. The second-order valence-electron chi connectivity index (χ2n) is 6.28. The number of likely N-dealkylation sites (tertiary alicyclic amines) is 1. The van der Waals surface area contributed by atoms with Crippen molar-refractivity contribution >= 4 is 11.8 Å². The summed E-state index contributed by atoms with van der Waals surface area (Å²) in [5.74, 6) is -0.345. The molecule has 0 radical (unpaired) electrons. The number of hydrogen-bond acceptors (Lipinski definition) is 3. The summed E-state index contributed by atoms with van der Waals surface area (Å²) in [5.41, 5.74) is 0. The van der Waals surface area contributed by atoms with E-state index in [4.69, 9.17) is 0 Å². The molecular weight excluding hydrogens is 266 g/mol. The molecule has 2 rings (SSSR count). The van der Waals surface area contributed by atoms with Crippen LogP contribution in [-0.4, -0.2) is 60.4 Å². The van der Waals surface area contributed by atoms with Gasteiger partial charge in [0, 0.05) is 32.2 Å². The number of rotatable bonds is 5. The number of hydrogen-bond donors (Lipinski definition) is 1. The van der Waals surface area contributed by atoms with Crippen molar-refractivity contribution in [1.82, 2.24) is 15.1 Å². The van der Waals surface area contributed by atoms with Gasteiger partial charge in [-0.15, -0.1) is 0 Å². The molecular formula is C16H29N3O2. The van der Waals surface area contributed by atoms with Crippen LogP contribution in [0, 0.1) is 5.92 Å². The Morgan fingerprint density at radius 3 is 2.43 bits per heavy atom. The molecule has 1 N–H and O–H groups in total. The molecule has 2 fully saturated rings. The van der Waals surface area contributed by atoms with Crippen LogP contribution < -0.4 is 5.32 Å². The highest BCUT2D eigenvalue weighted by Crippen LogP contribution is 2.28. The van der Waals surface area contributed by atoms with Crippen LogP contribution >= 0.6 is 0 Å². The van der Waals surface area contributed by atoms with Gasteiger partial charge >= 0.3 is 11.8 Å². The zero-order chi connectivity index (χ0) is 15.2. The minimum absolute atomic E-state index is 0.398. The summed E-state index contributed by atoms with van der Waals surface area (Å²) in [6.07, 6.45) is 6.52. The fourth-order valence-electron chi connectivity index (χ4n) is 3.60. The predicted octanol–water partition coefficient (Wildman–Crippen LogP) is 1.24. The Bertz CT molecular complexity index is 363. The summed E-state index contributed by atoms with van der Waals surface area (Å²) >= 11 is 0. The van der Waals surface area contributed by atoms with Crippen LogP contribution in [0.2, 0.25) is 0 Å². The lowest BCUT2D eigenvalue weighted by Gasteiger charge is -2.23. The Hall–Kier alpha value is -1.10. The minimum Gasteiger partial charge on any atom is -0.348 e. The highest BCUT2D eigenvalue weighted by Gasteiger charge is 2.30. The van der Waals surface area contributed by atoms with E-state index in [1.165, 1.54) is 25.7 Å². The second-order valence-corrected chi connectivity index (χ2v) is 6.28. The van der Waals surface area contributed by atoms with E-state index < -0.39 is 11.8 Å². The first kappa shape index (κ1) is 16.3. The Kier molecular flexibility index (Phi) is 6.03. The van der Waals surface area contributed by atoms with Crippen LogP contribution in [0.25, 0.3) is 0 Å². The molecule has 0 aromatic carbocycles. The molecule has 0 bridgehead atoms. The van der Waals surface area contributed by atoms with E-state index in [2.05, 4.69) is 10.2 Å². The molecule has 1 aliphatic heterocycles. The Morgan fingerprint density at radius 2 is 1.81 bits per heavy atom. The van der Waals surface area contributed by atoms with Gasteiger partial charge in [-0.1, -0.05) is 12.8 Å². The zero-order valence-corrected chi connectivity index (χ0v) is 13.4. The van der Waals surface area contributed by atoms with E-state index in [1.54, 1.807) is 4.90 Å². The molecule has 2 amide bonds. The van der Waals surface area contributed by atoms with Crippen LogP contribution in [0.5, 0.6) is 0 Å². The van der Waals surface area contributed by atoms with Crippen LogP contribution in [0.15, 0.2) is 0 Å². The van der Waals surface area contributed by atoms with Gasteiger partial charge in [-0.3, -0.25) is 9.59 Å². The van der Waals surface area contributed by atoms with E-state index in [0.29, 0.717) is 25.6 Å². The molecule has 5 heteroatoms. The van der Waals surface area contributed by atoms with Crippen molar-refractivity contribution < 1.29 is 9.59 Å². The van der Waals surface area contributed by atoms with E-state index in [-0.39, 0.29) is 0 Å². The average molecular weight is 295 g/mol. The van der Waals surface area contributed by atoms with Crippen molar-refractivity contribution in [3.05, 3.63) is 0 Å². The second kappa shape index (κ2) is 7.78. The van der Waals surface area contributed by atoms with Gasteiger partial charge in [-0.05, 0) is 45.6 Å². The molecule has 0 unspecified atom stereocenters. The summed E-state index contributed by atoms with van der Waals surface area (Å²) in [6.45, 7) is 7.81. The van der Waals surface area contributed by atoms with Gasteiger partial charge in [0.1, 0.15) is 0 Å². The monoisotopic (exact) mass is 295 g/mol. The van der Waals surface area contributed by atoms with Crippen molar-refractivity contribution in [2.24, 2.45) is 5.92 Å². The predicted molar refractivity (Wildman–Crippen MR) is 82.9 cm³/mol. The van der Waals surface area contributed by atoms with Gasteiger partial charge in [0.2, 0.25) is 0 Å². The third-order valence-corrected chi connectivity index (χ3v) is 4.95. The summed E-state index contributed by atoms with van der Waals surface area (Å²) < 4.78 is 0. The maximum absolute atomic E-state index is 11.9. The van der Waals surface area contributed by atoms with Gasteiger partial charge in [0.25, 0.3) is 0 Å². The fraction of sp³-hybridized carbons (Fsp3) is 0.875. The molecule has 1 saturated carbocycles. The molecule has 1 aliphatic carbocycles. The number of likely N-dealkylation sites (N-methyl/N-ethyl adjacent to an activating group) is 1. The Morgan fingerprint density at radius 1 is 1.14 bits per heavy atom. The average Bonchev–Trinajstić information content (AvgIpc) is 3.16. The summed E-state index contributed by atoms with van der Waals surface area (Å²) in [5, 5.41) is 2.83. The van der Waals surface area contributed by atoms with Crippen LogP contribution in [0.3, 0.4) is 0 Å². The fourth-order valence-corrected chi connectivity index (χ4v) is 3.60. The maximum Gasteiger partial charge on any atom is 0.311 e. The van der Waals surface area contributed by atoms with E-state index in [0.717, 1.165) is 25.6 Å². The third-order valence-electron chi connectivity index (χ3n) is 4.95. The first-order valence-corrected chi connectivity index (χ1v) is 8.46. The van der Waals surface area contributed by atoms with E-state index >= 15 is 0 Å². The summed E-state index contributed by atoms with van der Waals surface area (Å²) in [4.78, 5) is 27.9. The quantitative estimate of drug-likeness (QED) is 0.776. The third kappa shape index (κ3) is 4.19. The van der Waals surface area contributed by atoms with Crippen molar-refractivity contribution in [2.45, 2.75) is 52.0 Å². The van der Waals surface area contributed by atoms with Gasteiger partial charge in [-0.2, -0.15) is 0 Å². The normalized spacial score (nSPS) is 23.4. The molecule has 1 heterocycles. The van der Waals surface area contributed by atoms with E-state index in [1.807, 2.05) is 13.8 Å². The van der Waals surface area contributed by atoms with Crippen molar-refractivity contribution in [3.63, 3.8) is 0 Å². The van der Waals surface area contributed by atoms with E-state index in [9.17, 15) is 9.59 Å². The first-order valence-electron chi connectivity index (χ1n) is 8.46. The number of nitrogens with zero attached hydrogens (tertiary/aromatic N) is 2. The van der Waals surface area contributed by atoms with Gasteiger partial charge in [-0.25, -0.2) is 0 Å². The van der Waals surface area contributed by atoms with Crippen LogP contribution in [0.4, 0.5) is 0 Å². The number of carbonyl (C=O) groups is 2. The van der Waals surface area contributed by atoms with Crippen LogP contribution in [0.1, 0.15) is 46.0 Å². The first-order chi connectivity index (χ1) is 10.2. The molecule has 0 aromatic rings. The number of amides is 2. The SMILES string of the molecule is CCN(CC)C(=O)C(=O)NC[C@@H]1CCN(C2CCCC2)C1. The molecule has 21 heavy (non-hydrogen) atoms.